The van der Waals surface area contributed by atoms with Crippen molar-refractivity contribution in [3.8, 4) is 0 Å². The number of piperazine rings is 1. The van der Waals surface area contributed by atoms with Crippen molar-refractivity contribution in [3.05, 3.63) is 28.8 Å². The first-order chi connectivity index (χ1) is 9.65. The first kappa shape index (κ1) is 13.7. The molecule has 2 saturated heterocycles. The third-order valence-electron chi connectivity index (χ3n) is 4.17. The SMILES string of the molecule is Cc1ccc(Cl)cc1N1CCN([C@@H]2CCOC2=O)CC1. The number of cyclic esters (lactones) is 1. The number of benzene rings is 1. The second kappa shape index (κ2) is 5.62. The smallest absolute Gasteiger partial charge is 0.323 e. The number of anilines is 1. The van der Waals surface area contributed by atoms with Gasteiger partial charge >= 0.3 is 5.97 Å². The van der Waals surface area contributed by atoms with Gasteiger partial charge in [-0.1, -0.05) is 17.7 Å². The molecule has 20 heavy (non-hydrogen) atoms. The van der Waals surface area contributed by atoms with E-state index in [0.717, 1.165) is 37.6 Å². The highest BCUT2D eigenvalue weighted by Gasteiger charge is 2.34. The van der Waals surface area contributed by atoms with Crippen molar-refractivity contribution in [1.82, 2.24) is 4.90 Å². The number of carbonyl (C=O) groups is 1. The Hall–Kier alpha value is -1.26. The van der Waals surface area contributed by atoms with E-state index in [0.29, 0.717) is 6.61 Å². The number of carbonyl (C=O) groups excluding carboxylic acids is 1. The monoisotopic (exact) mass is 294 g/mol. The summed E-state index contributed by atoms with van der Waals surface area (Å²) in [6, 6.07) is 5.97. The lowest BCUT2D eigenvalue weighted by atomic mass is 10.1. The summed E-state index contributed by atoms with van der Waals surface area (Å²) < 4.78 is 5.05. The molecule has 2 fully saturated rings. The molecule has 5 heteroatoms. The Labute approximate surface area is 124 Å². The van der Waals surface area contributed by atoms with E-state index in [1.807, 2.05) is 12.1 Å². The summed E-state index contributed by atoms with van der Waals surface area (Å²) >= 11 is 6.09. The summed E-state index contributed by atoms with van der Waals surface area (Å²) in [7, 11) is 0. The maximum absolute atomic E-state index is 11.6. The Bertz CT molecular complexity index is 513. The molecular weight excluding hydrogens is 276 g/mol. The molecule has 0 aliphatic carbocycles. The number of halogens is 1. The predicted octanol–water partition coefficient (Wildman–Crippen LogP) is 2.09. The maximum atomic E-state index is 11.6. The van der Waals surface area contributed by atoms with Crippen molar-refractivity contribution in [1.29, 1.82) is 0 Å². The number of hydrogen-bond acceptors (Lipinski definition) is 4. The van der Waals surface area contributed by atoms with E-state index in [4.69, 9.17) is 16.3 Å². The standard InChI is InChI=1S/C15H19ClN2O2/c1-11-2-3-12(16)10-14(11)18-7-5-17(6-8-18)13-4-9-20-15(13)19/h2-3,10,13H,4-9H2,1H3/t13-/m1/s1. The number of hydrogen-bond donors (Lipinski definition) is 0. The molecule has 1 aromatic rings. The fourth-order valence-electron chi connectivity index (χ4n) is 3.01. The van der Waals surface area contributed by atoms with Crippen LogP contribution >= 0.6 is 11.6 Å². The van der Waals surface area contributed by atoms with E-state index < -0.39 is 0 Å². The topological polar surface area (TPSA) is 32.8 Å². The van der Waals surface area contributed by atoms with Crippen LogP contribution in [0, 0.1) is 6.92 Å². The molecule has 0 radical (unpaired) electrons. The summed E-state index contributed by atoms with van der Waals surface area (Å²) in [5.41, 5.74) is 2.44. The minimum atomic E-state index is -0.0580. The van der Waals surface area contributed by atoms with E-state index in [1.165, 1.54) is 11.3 Å². The molecule has 1 atom stereocenters. The highest BCUT2D eigenvalue weighted by molar-refractivity contribution is 6.30. The highest BCUT2D eigenvalue weighted by atomic mass is 35.5. The predicted molar refractivity (Wildman–Crippen MR) is 79.3 cm³/mol. The molecule has 108 valence electrons. The Kier molecular flexibility index (Phi) is 3.85. The molecule has 0 spiro atoms. The lowest BCUT2D eigenvalue weighted by Crippen LogP contribution is -2.51. The van der Waals surface area contributed by atoms with Crippen LogP contribution in [0.15, 0.2) is 18.2 Å². The quantitative estimate of drug-likeness (QED) is 0.782. The van der Waals surface area contributed by atoms with Gasteiger partial charge in [-0.2, -0.15) is 0 Å². The van der Waals surface area contributed by atoms with Crippen LogP contribution in [0.4, 0.5) is 5.69 Å². The zero-order valence-electron chi connectivity index (χ0n) is 11.6. The van der Waals surface area contributed by atoms with Gasteiger partial charge < -0.3 is 9.64 Å². The fourth-order valence-corrected chi connectivity index (χ4v) is 3.18. The van der Waals surface area contributed by atoms with Crippen LogP contribution in [0.25, 0.3) is 0 Å². The molecule has 1 aromatic carbocycles. The minimum absolute atomic E-state index is 0.0300. The summed E-state index contributed by atoms with van der Waals surface area (Å²) in [5, 5.41) is 0.771. The molecule has 0 bridgehead atoms. The van der Waals surface area contributed by atoms with Crippen molar-refractivity contribution < 1.29 is 9.53 Å². The van der Waals surface area contributed by atoms with Crippen LogP contribution in [0.5, 0.6) is 0 Å². The Balaban J connectivity index is 1.66. The van der Waals surface area contributed by atoms with E-state index in [9.17, 15) is 4.79 Å². The van der Waals surface area contributed by atoms with Gasteiger partial charge in [0.25, 0.3) is 0 Å². The molecule has 0 unspecified atom stereocenters. The van der Waals surface area contributed by atoms with Gasteiger partial charge in [-0.05, 0) is 24.6 Å². The van der Waals surface area contributed by atoms with E-state index in [2.05, 4.69) is 22.8 Å². The lowest BCUT2D eigenvalue weighted by Gasteiger charge is -2.38. The molecule has 2 aliphatic heterocycles. The number of aryl methyl sites for hydroxylation is 1. The van der Waals surface area contributed by atoms with Gasteiger partial charge in [-0.25, -0.2) is 0 Å². The maximum Gasteiger partial charge on any atom is 0.323 e. The van der Waals surface area contributed by atoms with Crippen LogP contribution in [-0.2, 0) is 9.53 Å². The van der Waals surface area contributed by atoms with Crippen molar-refractivity contribution in [3.63, 3.8) is 0 Å². The molecule has 3 rings (SSSR count). The number of nitrogens with zero attached hydrogens (tertiary/aromatic N) is 2. The van der Waals surface area contributed by atoms with Crippen LogP contribution in [0.2, 0.25) is 5.02 Å². The summed E-state index contributed by atoms with van der Waals surface area (Å²) in [6.07, 6.45) is 0.828. The zero-order chi connectivity index (χ0) is 14.1. The van der Waals surface area contributed by atoms with Gasteiger partial charge in [0.05, 0.1) is 6.61 Å². The summed E-state index contributed by atoms with van der Waals surface area (Å²) in [6.45, 7) is 6.30. The van der Waals surface area contributed by atoms with Gasteiger partial charge in [0, 0.05) is 43.3 Å². The average Bonchev–Trinajstić information content (AvgIpc) is 2.88. The Morgan fingerprint density at radius 1 is 1.25 bits per heavy atom. The van der Waals surface area contributed by atoms with Gasteiger partial charge in [-0.3, -0.25) is 9.69 Å². The third-order valence-corrected chi connectivity index (χ3v) is 4.41. The molecule has 0 amide bonds. The normalized spacial score (nSPS) is 24.0. The molecule has 2 aliphatic rings. The number of ether oxygens (including phenoxy) is 1. The number of rotatable bonds is 2. The van der Waals surface area contributed by atoms with Gasteiger partial charge in [0.2, 0.25) is 0 Å². The second-order valence-electron chi connectivity index (χ2n) is 5.43. The molecular formula is C15H19ClN2O2. The molecule has 2 heterocycles. The van der Waals surface area contributed by atoms with Gasteiger partial charge in [-0.15, -0.1) is 0 Å². The van der Waals surface area contributed by atoms with Crippen molar-refractivity contribution in [2.45, 2.75) is 19.4 Å². The second-order valence-corrected chi connectivity index (χ2v) is 5.86. The van der Waals surface area contributed by atoms with Crippen LogP contribution in [0.3, 0.4) is 0 Å². The van der Waals surface area contributed by atoms with Gasteiger partial charge in [0.15, 0.2) is 0 Å². The average molecular weight is 295 g/mol. The molecule has 4 nitrogen and oxygen atoms in total. The molecule has 0 aromatic heterocycles. The zero-order valence-corrected chi connectivity index (χ0v) is 12.4. The fraction of sp³-hybridized carbons (Fsp3) is 0.533. The van der Waals surface area contributed by atoms with Crippen LogP contribution < -0.4 is 4.90 Å². The first-order valence-electron chi connectivity index (χ1n) is 7.07. The summed E-state index contributed by atoms with van der Waals surface area (Å²) in [5.74, 6) is -0.0580. The van der Waals surface area contributed by atoms with Crippen molar-refractivity contribution in [2.75, 3.05) is 37.7 Å². The van der Waals surface area contributed by atoms with Crippen LogP contribution in [-0.4, -0.2) is 49.7 Å². The molecule has 0 N–H and O–H groups in total. The highest BCUT2D eigenvalue weighted by Crippen LogP contribution is 2.26. The molecule has 0 saturated carbocycles. The minimum Gasteiger partial charge on any atom is -0.464 e. The van der Waals surface area contributed by atoms with E-state index in [-0.39, 0.29) is 12.0 Å². The third kappa shape index (κ3) is 2.63. The first-order valence-corrected chi connectivity index (χ1v) is 7.45. The Morgan fingerprint density at radius 3 is 2.65 bits per heavy atom. The van der Waals surface area contributed by atoms with Crippen molar-refractivity contribution in [2.24, 2.45) is 0 Å². The lowest BCUT2D eigenvalue weighted by molar-refractivity contribution is -0.142. The van der Waals surface area contributed by atoms with Crippen LogP contribution in [0.1, 0.15) is 12.0 Å². The van der Waals surface area contributed by atoms with Gasteiger partial charge in [0.1, 0.15) is 6.04 Å². The van der Waals surface area contributed by atoms with Crippen molar-refractivity contribution >= 4 is 23.3 Å². The Morgan fingerprint density at radius 2 is 2.00 bits per heavy atom. The number of esters is 1. The van der Waals surface area contributed by atoms with E-state index >= 15 is 0 Å². The largest absolute Gasteiger partial charge is 0.464 e. The summed E-state index contributed by atoms with van der Waals surface area (Å²) in [4.78, 5) is 16.2. The van der Waals surface area contributed by atoms with E-state index in [1.54, 1.807) is 0 Å².